The van der Waals surface area contributed by atoms with E-state index >= 15 is 0 Å². The molecule has 2 heterocycles. The second-order valence-corrected chi connectivity index (χ2v) is 5.36. The summed E-state index contributed by atoms with van der Waals surface area (Å²) in [6, 6.07) is 6.82. The number of anilines is 1. The second kappa shape index (κ2) is 6.21. The summed E-state index contributed by atoms with van der Waals surface area (Å²) in [5.74, 6) is 0.621. The maximum absolute atomic E-state index is 9.90. The van der Waals surface area contributed by atoms with Crippen molar-refractivity contribution in [3.8, 4) is 17.3 Å². The third-order valence-electron chi connectivity index (χ3n) is 3.01. The number of nitrogens with one attached hydrogen (secondary N) is 2. The Kier molecular flexibility index (Phi) is 4.13. The molecule has 0 saturated heterocycles. The molecule has 0 amide bonds. The first-order valence-corrected chi connectivity index (χ1v) is 7.12. The van der Waals surface area contributed by atoms with E-state index in [1.54, 1.807) is 12.3 Å². The third kappa shape index (κ3) is 3.13. The number of phenolic OH excluding ortho intramolecular Hbond substituents is 1. The Bertz CT molecular complexity index is 775. The number of aromatic hydroxyl groups is 1. The highest BCUT2D eigenvalue weighted by Gasteiger charge is 2.08. The summed E-state index contributed by atoms with van der Waals surface area (Å²) in [5, 5.41) is 21.3. The van der Waals surface area contributed by atoms with Crippen LogP contribution in [0.3, 0.4) is 0 Å². The molecule has 2 aromatic heterocycles. The lowest BCUT2D eigenvalue weighted by Gasteiger charge is -2.10. The van der Waals surface area contributed by atoms with E-state index in [-0.39, 0.29) is 10.8 Å². The van der Waals surface area contributed by atoms with Crippen LogP contribution >= 0.6 is 23.2 Å². The zero-order valence-electron chi connectivity index (χ0n) is 11.2. The molecule has 8 heteroatoms. The fraction of sp³-hybridized carbons (Fsp3) is 0.0714. The van der Waals surface area contributed by atoms with Gasteiger partial charge in [0.05, 0.1) is 16.9 Å². The van der Waals surface area contributed by atoms with Crippen LogP contribution in [0.4, 0.5) is 5.69 Å². The van der Waals surface area contributed by atoms with Crippen LogP contribution in [0.1, 0.15) is 5.56 Å². The first-order chi connectivity index (χ1) is 10.6. The molecule has 3 rings (SSSR count). The molecule has 0 radical (unpaired) electrons. The monoisotopic (exact) mass is 335 g/mol. The number of aromatic amines is 1. The molecule has 0 unspecified atom stereocenters. The van der Waals surface area contributed by atoms with Gasteiger partial charge in [0.25, 0.3) is 0 Å². The molecule has 0 aliphatic heterocycles. The van der Waals surface area contributed by atoms with Crippen molar-refractivity contribution in [2.24, 2.45) is 0 Å². The van der Waals surface area contributed by atoms with Crippen LogP contribution in [0, 0.1) is 0 Å². The second-order valence-electron chi connectivity index (χ2n) is 4.52. The van der Waals surface area contributed by atoms with Gasteiger partial charge in [-0.25, -0.2) is 0 Å². The predicted molar refractivity (Wildman–Crippen MR) is 85.1 cm³/mol. The molecule has 6 nitrogen and oxygen atoms in total. The molecule has 0 bridgehead atoms. The van der Waals surface area contributed by atoms with Crippen molar-refractivity contribution in [3.05, 3.63) is 52.4 Å². The fourth-order valence-electron chi connectivity index (χ4n) is 1.92. The van der Waals surface area contributed by atoms with Crippen molar-refractivity contribution in [2.75, 3.05) is 5.32 Å². The van der Waals surface area contributed by atoms with Crippen LogP contribution in [-0.2, 0) is 6.54 Å². The van der Waals surface area contributed by atoms with Crippen LogP contribution in [0.5, 0.6) is 5.75 Å². The van der Waals surface area contributed by atoms with Gasteiger partial charge in [0.1, 0.15) is 17.8 Å². The summed E-state index contributed by atoms with van der Waals surface area (Å²) in [6.07, 6.45) is 3.16. The molecular formula is C14H11Cl2N5O. The minimum Gasteiger partial charge on any atom is -0.506 e. The van der Waals surface area contributed by atoms with Gasteiger partial charge < -0.3 is 15.4 Å². The van der Waals surface area contributed by atoms with Crippen LogP contribution in [0.2, 0.25) is 10.0 Å². The maximum atomic E-state index is 9.90. The molecule has 112 valence electrons. The number of rotatable bonds is 4. The van der Waals surface area contributed by atoms with Gasteiger partial charge in [-0.15, -0.1) is 10.2 Å². The Morgan fingerprint density at radius 1 is 1.23 bits per heavy atom. The molecule has 3 N–H and O–H groups in total. The summed E-state index contributed by atoms with van der Waals surface area (Å²) in [7, 11) is 0. The van der Waals surface area contributed by atoms with E-state index < -0.39 is 0 Å². The van der Waals surface area contributed by atoms with E-state index in [1.165, 1.54) is 12.4 Å². The summed E-state index contributed by atoms with van der Waals surface area (Å²) >= 11 is 11.8. The zero-order valence-corrected chi connectivity index (χ0v) is 12.7. The maximum Gasteiger partial charge on any atom is 0.179 e. The Labute approximate surface area is 136 Å². The zero-order chi connectivity index (χ0) is 15.5. The van der Waals surface area contributed by atoms with Gasteiger partial charge >= 0.3 is 0 Å². The Hall–Kier alpha value is -2.31. The number of pyridine rings is 1. The number of phenols is 1. The van der Waals surface area contributed by atoms with E-state index in [2.05, 4.69) is 25.5 Å². The number of aromatic nitrogens is 4. The normalized spacial score (nSPS) is 10.6. The molecule has 3 aromatic rings. The van der Waals surface area contributed by atoms with E-state index in [1.807, 2.05) is 12.1 Å². The largest absolute Gasteiger partial charge is 0.506 e. The molecule has 0 saturated carbocycles. The molecule has 0 spiro atoms. The summed E-state index contributed by atoms with van der Waals surface area (Å²) in [4.78, 5) is 7.16. The first-order valence-electron chi connectivity index (χ1n) is 6.37. The first kappa shape index (κ1) is 14.6. The van der Waals surface area contributed by atoms with Gasteiger partial charge in [0.15, 0.2) is 5.82 Å². The fourth-order valence-corrected chi connectivity index (χ4v) is 2.46. The lowest BCUT2D eigenvalue weighted by atomic mass is 10.2. The minimum atomic E-state index is 0.0183. The number of benzene rings is 1. The Morgan fingerprint density at radius 3 is 2.77 bits per heavy atom. The van der Waals surface area contributed by atoms with Crippen molar-refractivity contribution in [1.82, 2.24) is 20.2 Å². The number of nitrogens with zero attached hydrogens (tertiary/aromatic N) is 3. The van der Waals surface area contributed by atoms with Crippen LogP contribution < -0.4 is 5.32 Å². The number of halogens is 2. The molecule has 0 aliphatic rings. The van der Waals surface area contributed by atoms with E-state index in [0.29, 0.717) is 28.6 Å². The predicted octanol–water partition coefficient (Wildman–Crippen LogP) is 3.49. The average Bonchev–Trinajstić information content (AvgIpc) is 3.04. The molecule has 0 atom stereocenters. The average molecular weight is 336 g/mol. The molecule has 0 fully saturated rings. The Balaban J connectivity index is 1.72. The van der Waals surface area contributed by atoms with E-state index in [9.17, 15) is 5.11 Å². The van der Waals surface area contributed by atoms with Gasteiger partial charge in [-0.3, -0.25) is 4.98 Å². The quantitative estimate of drug-likeness (QED) is 0.679. The lowest BCUT2D eigenvalue weighted by Crippen LogP contribution is -2.00. The number of hydrogen-bond donors (Lipinski definition) is 3. The van der Waals surface area contributed by atoms with Gasteiger partial charge in [0, 0.05) is 17.1 Å². The standard InChI is InChI=1S/C14H11Cl2N5O/c15-9-3-8(13(22)11(16)4-9)5-17-10-1-2-12(18-6-10)14-19-7-20-21-14/h1-4,6-7,17,22H,5H2,(H,19,20,21). The molecule has 1 aromatic carbocycles. The SMILES string of the molecule is Oc1c(Cl)cc(Cl)cc1CNc1ccc(-c2nnc[nH]2)nc1. The van der Waals surface area contributed by atoms with Gasteiger partial charge in [-0.05, 0) is 24.3 Å². The van der Waals surface area contributed by atoms with Crippen molar-refractivity contribution in [3.63, 3.8) is 0 Å². The van der Waals surface area contributed by atoms with Crippen molar-refractivity contribution in [1.29, 1.82) is 0 Å². The highest BCUT2D eigenvalue weighted by atomic mass is 35.5. The molecule has 0 aliphatic carbocycles. The molecular weight excluding hydrogens is 325 g/mol. The van der Waals surface area contributed by atoms with Gasteiger partial charge in [0.2, 0.25) is 0 Å². The van der Waals surface area contributed by atoms with Crippen molar-refractivity contribution >= 4 is 28.9 Å². The van der Waals surface area contributed by atoms with Crippen molar-refractivity contribution in [2.45, 2.75) is 6.54 Å². The lowest BCUT2D eigenvalue weighted by molar-refractivity contribution is 0.469. The highest BCUT2D eigenvalue weighted by Crippen LogP contribution is 2.31. The Morgan fingerprint density at radius 2 is 2.09 bits per heavy atom. The highest BCUT2D eigenvalue weighted by molar-refractivity contribution is 6.35. The van der Waals surface area contributed by atoms with Crippen LogP contribution in [0.25, 0.3) is 11.5 Å². The topological polar surface area (TPSA) is 86.7 Å². The summed E-state index contributed by atoms with van der Waals surface area (Å²) in [5.41, 5.74) is 2.09. The van der Waals surface area contributed by atoms with Crippen molar-refractivity contribution < 1.29 is 5.11 Å². The number of H-pyrrole nitrogens is 1. The van der Waals surface area contributed by atoms with E-state index in [4.69, 9.17) is 23.2 Å². The minimum absolute atomic E-state index is 0.0183. The van der Waals surface area contributed by atoms with Gasteiger partial charge in [-0.1, -0.05) is 23.2 Å². The van der Waals surface area contributed by atoms with Gasteiger partial charge in [-0.2, -0.15) is 0 Å². The summed E-state index contributed by atoms with van der Waals surface area (Å²) < 4.78 is 0. The smallest absolute Gasteiger partial charge is 0.179 e. The summed E-state index contributed by atoms with van der Waals surface area (Å²) in [6.45, 7) is 0.370. The third-order valence-corrected chi connectivity index (χ3v) is 3.52. The molecule has 22 heavy (non-hydrogen) atoms. The number of hydrogen-bond acceptors (Lipinski definition) is 5. The van der Waals surface area contributed by atoms with Crippen LogP contribution in [-0.4, -0.2) is 25.3 Å². The van der Waals surface area contributed by atoms with Crippen LogP contribution in [0.15, 0.2) is 36.8 Å². The van der Waals surface area contributed by atoms with E-state index in [0.717, 1.165) is 5.69 Å².